The minimum Gasteiger partial charge on any atom is -0.352 e. The van der Waals surface area contributed by atoms with Gasteiger partial charge < -0.3 is 9.88 Å². The Hall–Kier alpha value is -3.12. The molecular weight excluding hydrogens is 412 g/mol. The SMILES string of the molecule is CC[C@H](C)NC(=O)Cn1c2ccc(C)cc2c2ncn(Cc3ccccc3Cl)c(=O)c21. The predicted molar refractivity (Wildman–Crippen MR) is 125 cm³/mol. The maximum Gasteiger partial charge on any atom is 0.278 e. The first-order valence-corrected chi connectivity index (χ1v) is 10.8. The lowest BCUT2D eigenvalue weighted by atomic mass is 10.1. The van der Waals surface area contributed by atoms with E-state index in [1.54, 1.807) is 21.5 Å². The van der Waals surface area contributed by atoms with Gasteiger partial charge in [-0.1, -0.05) is 48.4 Å². The normalized spacial score (nSPS) is 12.4. The Balaban J connectivity index is 1.87. The van der Waals surface area contributed by atoms with E-state index >= 15 is 0 Å². The van der Waals surface area contributed by atoms with Crippen LogP contribution in [0.5, 0.6) is 0 Å². The van der Waals surface area contributed by atoms with Crippen molar-refractivity contribution < 1.29 is 4.79 Å². The van der Waals surface area contributed by atoms with Crippen LogP contribution in [0.1, 0.15) is 31.4 Å². The molecule has 0 fully saturated rings. The molecule has 0 aliphatic carbocycles. The molecule has 2 aromatic carbocycles. The molecule has 2 aromatic heterocycles. The summed E-state index contributed by atoms with van der Waals surface area (Å²) in [5.74, 6) is -0.130. The zero-order valence-electron chi connectivity index (χ0n) is 17.9. The quantitative estimate of drug-likeness (QED) is 0.490. The molecule has 160 valence electrons. The maximum atomic E-state index is 13.5. The Morgan fingerprint density at radius 3 is 2.74 bits per heavy atom. The number of aryl methyl sites for hydroxylation is 1. The predicted octanol–water partition coefficient (Wildman–Crippen LogP) is 4.28. The molecule has 0 saturated heterocycles. The molecule has 2 heterocycles. The second-order valence-electron chi connectivity index (χ2n) is 7.95. The summed E-state index contributed by atoms with van der Waals surface area (Å²) >= 11 is 6.29. The number of amides is 1. The zero-order chi connectivity index (χ0) is 22.1. The van der Waals surface area contributed by atoms with Crippen molar-refractivity contribution in [2.24, 2.45) is 0 Å². The molecule has 0 saturated carbocycles. The molecule has 0 unspecified atom stereocenters. The molecule has 0 aliphatic rings. The minimum absolute atomic E-state index is 0.0560. The highest BCUT2D eigenvalue weighted by Crippen LogP contribution is 2.26. The monoisotopic (exact) mass is 436 g/mol. The Bertz CT molecular complexity index is 1340. The average Bonchev–Trinajstić information content (AvgIpc) is 3.04. The van der Waals surface area contributed by atoms with E-state index in [0.29, 0.717) is 22.6 Å². The summed E-state index contributed by atoms with van der Waals surface area (Å²) in [7, 11) is 0. The number of carbonyl (C=O) groups is 1. The van der Waals surface area contributed by atoms with Gasteiger partial charge in [-0.15, -0.1) is 0 Å². The van der Waals surface area contributed by atoms with Gasteiger partial charge in [0.2, 0.25) is 5.91 Å². The van der Waals surface area contributed by atoms with Gasteiger partial charge in [-0.3, -0.25) is 14.2 Å². The van der Waals surface area contributed by atoms with Crippen LogP contribution < -0.4 is 10.9 Å². The van der Waals surface area contributed by atoms with Crippen molar-refractivity contribution in [2.75, 3.05) is 0 Å². The topological polar surface area (TPSA) is 68.9 Å². The molecular formula is C24H25ClN4O2. The third-order valence-corrected chi connectivity index (χ3v) is 5.97. The van der Waals surface area contributed by atoms with Gasteiger partial charge >= 0.3 is 0 Å². The standard InChI is InChI=1S/C24H25ClN4O2/c1-4-16(3)27-21(30)13-29-20-10-9-15(2)11-18(20)22-23(29)24(31)28(14-26-22)12-17-7-5-6-8-19(17)25/h5-11,14,16H,4,12-13H2,1-3H3,(H,27,30)/t16-/m0/s1. The lowest BCUT2D eigenvalue weighted by Crippen LogP contribution is -2.35. The van der Waals surface area contributed by atoms with Gasteiger partial charge in [0, 0.05) is 16.5 Å². The Morgan fingerprint density at radius 1 is 1.23 bits per heavy atom. The van der Waals surface area contributed by atoms with Crippen molar-refractivity contribution in [3.63, 3.8) is 0 Å². The first-order chi connectivity index (χ1) is 14.9. The Morgan fingerprint density at radius 2 is 2.00 bits per heavy atom. The van der Waals surface area contributed by atoms with Crippen molar-refractivity contribution in [2.45, 2.75) is 46.3 Å². The molecule has 4 aromatic rings. The van der Waals surface area contributed by atoms with E-state index in [1.165, 1.54) is 0 Å². The molecule has 7 heteroatoms. The molecule has 31 heavy (non-hydrogen) atoms. The summed E-state index contributed by atoms with van der Waals surface area (Å²) < 4.78 is 3.32. The molecule has 0 aliphatic heterocycles. The van der Waals surface area contributed by atoms with Crippen LogP contribution in [0.15, 0.2) is 53.6 Å². The lowest BCUT2D eigenvalue weighted by Gasteiger charge is -2.13. The van der Waals surface area contributed by atoms with Gasteiger partial charge in [-0.05, 0) is 44.0 Å². The Labute approximate surface area is 185 Å². The van der Waals surface area contributed by atoms with Crippen LogP contribution >= 0.6 is 11.6 Å². The van der Waals surface area contributed by atoms with Crippen molar-refractivity contribution in [3.05, 3.63) is 75.3 Å². The van der Waals surface area contributed by atoms with E-state index < -0.39 is 0 Å². The van der Waals surface area contributed by atoms with Gasteiger partial charge in [0.25, 0.3) is 5.56 Å². The summed E-state index contributed by atoms with van der Waals surface area (Å²) in [6.45, 7) is 6.34. The zero-order valence-corrected chi connectivity index (χ0v) is 18.6. The number of nitrogens with zero attached hydrogens (tertiary/aromatic N) is 3. The Kier molecular flexibility index (Phi) is 5.83. The van der Waals surface area contributed by atoms with E-state index in [9.17, 15) is 9.59 Å². The van der Waals surface area contributed by atoms with Crippen molar-refractivity contribution in [1.29, 1.82) is 0 Å². The van der Waals surface area contributed by atoms with E-state index in [-0.39, 0.29) is 24.1 Å². The number of fused-ring (bicyclic) bond motifs is 3. The van der Waals surface area contributed by atoms with Crippen LogP contribution in [-0.4, -0.2) is 26.1 Å². The van der Waals surface area contributed by atoms with Gasteiger partial charge in [-0.25, -0.2) is 4.98 Å². The third kappa shape index (κ3) is 4.08. The minimum atomic E-state index is -0.199. The molecule has 0 radical (unpaired) electrons. The summed E-state index contributed by atoms with van der Waals surface area (Å²) in [5.41, 5.74) is 3.55. The number of halogens is 1. The molecule has 6 nitrogen and oxygen atoms in total. The highest BCUT2D eigenvalue weighted by atomic mass is 35.5. The van der Waals surface area contributed by atoms with Crippen LogP contribution in [-0.2, 0) is 17.9 Å². The molecule has 1 amide bonds. The second kappa shape index (κ2) is 8.55. The van der Waals surface area contributed by atoms with Gasteiger partial charge in [0.05, 0.1) is 18.4 Å². The molecule has 4 rings (SSSR count). The number of nitrogens with one attached hydrogen (secondary N) is 1. The fraction of sp³-hybridized carbons (Fsp3) is 0.292. The molecule has 1 N–H and O–H groups in total. The number of aromatic nitrogens is 3. The van der Waals surface area contributed by atoms with E-state index in [0.717, 1.165) is 28.5 Å². The van der Waals surface area contributed by atoms with Gasteiger partial charge in [-0.2, -0.15) is 0 Å². The van der Waals surface area contributed by atoms with E-state index in [2.05, 4.69) is 10.3 Å². The van der Waals surface area contributed by atoms with Crippen LogP contribution in [0, 0.1) is 6.92 Å². The van der Waals surface area contributed by atoms with Crippen molar-refractivity contribution in [3.8, 4) is 0 Å². The van der Waals surface area contributed by atoms with Crippen LogP contribution in [0.2, 0.25) is 5.02 Å². The van der Waals surface area contributed by atoms with Crippen LogP contribution in [0.25, 0.3) is 21.9 Å². The van der Waals surface area contributed by atoms with Gasteiger partial charge in [0.15, 0.2) is 0 Å². The maximum absolute atomic E-state index is 13.5. The van der Waals surface area contributed by atoms with Crippen LogP contribution in [0.3, 0.4) is 0 Å². The highest BCUT2D eigenvalue weighted by molar-refractivity contribution is 6.31. The first kappa shape index (κ1) is 21.1. The summed E-state index contributed by atoms with van der Waals surface area (Å²) in [5, 5.41) is 4.45. The summed E-state index contributed by atoms with van der Waals surface area (Å²) in [6, 6.07) is 13.4. The fourth-order valence-corrected chi connectivity index (χ4v) is 3.96. The molecule has 0 bridgehead atoms. The number of carbonyl (C=O) groups excluding carboxylic acids is 1. The number of hydrogen-bond acceptors (Lipinski definition) is 3. The molecule has 0 spiro atoms. The lowest BCUT2D eigenvalue weighted by molar-refractivity contribution is -0.122. The fourth-order valence-electron chi connectivity index (χ4n) is 3.77. The largest absolute Gasteiger partial charge is 0.352 e. The van der Waals surface area contributed by atoms with Gasteiger partial charge in [0.1, 0.15) is 17.6 Å². The first-order valence-electron chi connectivity index (χ1n) is 10.4. The number of hydrogen-bond donors (Lipinski definition) is 1. The van der Waals surface area contributed by atoms with E-state index in [4.69, 9.17) is 11.6 Å². The number of benzene rings is 2. The number of rotatable bonds is 6. The van der Waals surface area contributed by atoms with E-state index in [1.807, 2.05) is 57.2 Å². The highest BCUT2D eigenvalue weighted by Gasteiger charge is 2.19. The van der Waals surface area contributed by atoms with Crippen molar-refractivity contribution in [1.82, 2.24) is 19.4 Å². The molecule has 1 atom stereocenters. The van der Waals surface area contributed by atoms with Crippen LogP contribution in [0.4, 0.5) is 0 Å². The summed E-state index contributed by atoms with van der Waals surface area (Å²) in [6.07, 6.45) is 2.39. The second-order valence-corrected chi connectivity index (χ2v) is 8.36. The summed E-state index contributed by atoms with van der Waals surface area (Å²) in [4.78, 5) is 30.8. The third-order valence-electron chi connectivity index (χ3n) is 5.60. The smallest absolute Gasteiger partial charge is 0.278 e. The average molecular weight is 437 g/mol. The van der Waals surface area contributed by atoms with Crippen molar-refractivity contribution >= 4 is 39.4 Å².